The Kier molecular flexibility index (Phi) is 5.87. The van der Waals surface area contributed by atoms with Crippen molar-refractivity contribution < 1.29 is 0 Å². The number of pyridine rings is 1. The lowest BCUT2D eigenvalue weighted by molar-refractivity contribution is 1.18. The van der Waals surface area contributed by atoms with E-state index in [1.807, 2.05) is 24.7 Å². The first-order chi connectivity index (χ1) is 23.8. The van der Waals surface area contributed by atoms with E-state index in [-0.39, 0.29) is 0 Å². The first-order valence-electron chi connectivity index (χ1n) is 16.3. The van der Waals surface area contributed by atoms with Crippen molar-refractivity contribution in [3.63, 3.8) is 0 Å². The van der Waals surface area contributed by atoms with Crippen LogP contribution in [0.1, 0.15) is 0 Å². The van der Waals surface area contributed by atoms with E-state index in [0.29, 0.717) is 0 Å². The smallest absolute Gasteiger partial charge is 0.160 e. The van der Waals surface area contributed by atoms with Crippen LogP contribution in [0.3, 0.4) is 0 Å². The first kappa shape index (κ1) is 26.7. The van der Waals surface area contributed by atoms with Crippen molar-refractivity contribution >= 4 is 64.8 Å². The molecule has 2 heterocycles. The average Bonchev–Trinajstić information content (AvgIpc) is 3.16. The number of hydrogen-bond donors (Lipinski definition) is 0. The maximum atomic E-state index is 5.09. The second kappa shape index (κ2) is 10.5. The Bertz CT molecular complexity index is 2840. The van der Waals surface area contributed by atoms with Crippen molar-refractivity contribution in [2.24, 2.45) is 0 Å². The molecule has 222 valence electrons. The van der Waals surface area contributed by atoms with Crippen LogP contribution in [0.25, 0.3) is 98.4 Å². The molecule has 10 rings (SSSR count). The van der Waals surface area contributed by atoms with Crippen LogP contribution in [0, 0.1) is 0 Å². The lowest BCUT2D eigenvalue weighted by Crippen LogP contribution is -1.95. The van der Waals surface area contributed by atoms with Gasteiger partial charge in [-0.25, -0.2) is 9.97 Å². The summed E-state index contributed by atoms with van der Waals surface area (Å²) in [6.07, 6.45) is 5.55. The normalized spacial score (nSPS) is 11.8. The van der Waals surface area contributed by atoms with Crippen LogP contribution in [0.4, 0.5) is 0 Å². The predicted octanol–water partition coefficient (Wildman–Crippen LogP) is 11.8. The molecule has 48 heavy (non-hydrogen) atoms. The molecule has 3 heteroatoms. The van der Waals surface area contributed by atoms with Gasteiger partial charge >= 0.3 is 0 Å². The Morgan fingerprint density at radius 1 is 0.292 bits per heavy atom. The zero-order chi connectivity index (χ0) is 31.6. The minimum Gasteiger partial charge on any atom is -0.256 e. The van der Waals surface area contributed by atoms with Crippen LogP contribution >= 0.6 is 0 Å². The number of rotatable bonds is 3. The predicted molar refractivity (Wildman–Crippen MR) is 201 cm³/mol. The number of aromatic nitrogens is 3. The molecule has 0 fully saturated rings. The Labute approximate surface area is 276 Å². The second-order valence-electron chi connectivity index (χ2n) is 12.4. The van der Waals surface area contributed by atoms with Gasteiger partial charge in [0.05, 0.1) is 5.52 Å². The molecule has 2 aromatic heterocycles. The third kappa shape index (κ3) is 3.98. The number of fused-ring (bicyclic) bond motifs is 7. The minimum absolute atomic E-state index is 0.731. The summed E-state index contributed by atoms with van der Waals surface area (Å²) in [5, 5.41) is 13.2. The number of benzene rings is 8. The Hall–Kier alpha value is -6.45. The fraction of sp³-hybridized carbons (Fsp3) is 0. The molecule has 0 atom stereocenters. The summed E-state index contributed by atoms with van der Waals surface area (Å²) in [4.78, 5) is 14.5. The molecule has 0 aliphatic rings. The van der Waals surface area contributed by atoms with Crippen molar-refractivity contribution in [3.8, 4) is 33.6 Å². The van der Waals surface area contributed by atoms with Gasteiger partial charge in [0.1, 0.15) is 0 Å². The van der Waals surface area contributed by atoms with E-state index in [0.717, 1.165) is 44.2 Å². The van der Waals surface area contributed by atoms with Crippen molar-refractivity contribution in [2.45, 2.75) is 0 Å². The summed E-state index contributed by atoms with van der Waals surface area (Å²) in [5.74, 6) is 0.731. The number of hydrogen-bond acceptors (Lipinski definition) is 3. The molecule has 0 aliphatic carbocycles. The summed E-state index contributed by atoms with van der Waals surface area (Å²) in [5.41, 5.74) is 6.72. The van der Waals surface area contributed by atoms with E-state index in [4.69, 9.17) is 4.98 Å². The van der Waals surface area contributed by atoms with Gasteiger partial charge in [-0.15, -0.1) is 0 Å². The minimum atomic E-state index is 0.731. The zero-order valence-electron chi connectivity index (χ0n) is 25.9. The highest BCUT2D eigenvalue weighted by atomic mass is 14.9. The third-order valence-corrected chi connectivity index (χ3v) is 9.78. The highest BCUT2D eigenvalue weighted by molar-refractivity contribution is 6.24. The Morgan fingerprint density at radius 3 is 1.54 bits per heavy atom. The molecule has 0 amide bonds. The summed E-state index contributed by atoms with van der Waals surface area (Å²) >= 11 is 0. The van der Waals surface area contributed by atoms with Crippen molar-refractivity contribution in [2.75, 3.05) is 0 Å². The topological polar surface area (TPSA) is 38.7 Å². The first-order valence-corrected chi connectivity index (χ1v) is 16.3. The molecular weight excluding hydrogens is 583 g/mol. The lowest BCUT2D eigenvalue weighted by atomic mass is 9.85. The maximum absolute atomic E-state index is 5.09. The molecule has 0 aliphatic heterocycles. The van der Waals surface area contributed by atoms with Gasteiger partial charge in [0.25, 0.3) is 0 Å². The van der Waals surface area contributed by atoms with Gasteiger partial charge in [0.15, 0.2) is 5.82 Å². The van der Waals surface area contributed by atoms with Gasteiger partial charge < -0.3 is 0 Å². The molecule has 0 radical (unpaired) electrons. The van der Waals surface area contributed by atoms with Crippen LogP contribution in [-0.2, 0) is 0 Å². The lowest BCUT2D eigenvalue weighted by Gasteiger charge is -2.19. The van der Waals surface area contributed by atoms with E-state index in [1.54, 1.807) is 0 Å². The van der Waals surface area contributed by atoms with Gasteiger partial charge in [-0.3, -0.25) is 4.98 Å². The van der Waals surface area contributed by atoms with Gasteiger partial charge in [-0.2, -0.15) is 0 Å². The third-order valence-electron chi connectivity index (χ3n) is 9.78. The highest BCUT2D eigenvalue weighted by Crippen LogP contribution is 2.46. The van der Waals surface area contributed by atoms with E-state index < -0.39 is 0 Å². The molecule has 0 saturated carbocycles. The van der Waals surface area contributed by atoms with Crippen molar-refractivity contribution in [3.05, 3.63) is 164 Å². The molecule has 0 unspecified atom stereocenters. The van der Waals surface area contributed by atoms with E-state index in [1.165, 1.54) is 54.2 Å². The monoisotopic (exact) mass is 609 g/mol. The largest absolute Gasteiger partial charge is 0.256 e. The van der Waals surface area contributed by atoms with Crippen LogP contribution in [-0.4, -0.2) is 15.0 Å². The molecule has 10 aromatic rings. The van der Waals surface area contributed by atoms with E-state index in [9.17, 15) is 0 Å². The molecular formula is C45H27N3. The SMILES string of the molecule is c1cnc(-c2c3ccccc3c(-c3ccc(-c4cc5cc6ccccc6cc5c5ccccc45)c4ncccc34)c3ccccc23)nc1. The van der Waals surface area contributed by atoms with Crippen LogP contribution in [0.5, 0.6) is 0 Å². The van der Waals surface area contributed by atoms with Gasteiger partial charge in [-0.05, 0) is 101 Å². The molecule has 8 aromatic carbocycles. The van der Waals surface area contributed by atoms with Crippen molar-refractivity contribution in [1.29, 1.82) is 0 Å². The van der Waals surface area contributed by atoms with Crippen LogP contribution in [0.15, 0.2) is 164 Å². The van der Waals surface area contributed by atoms with Gasteiger partial charge in [0.2, 0.25) is 0 Å². The second-order valence-corrected chi connectivity index (χ2v) is 12.4. The van der Waals surface area contributed by atoms with Gasteiger partial charge in [0, 0.05) is 35.1 Å². The summed E-state index contributed by atoms with van der Waals surface area (Å²) < 4.78 is 0. The van der Waals surface area contributed by atoms with E-state index >= 15 is 0 Å². The molecule has 0 saturated heterocycles. The van der Waals surface area contributed by atoms with Crippen molar-refractivity contribution in [1.82, 2.24) is 15.0 Å². The standard InChI is InChI=1S/C45H27N3/c1-2-12-29-26-40-30(25-28(29)11-1)27-41(32-14-4-3-13-31(32)40)39-21-20-37(38-19-9-22-46-44(38)39)42-33-15-5-7-17-35(33)43(45-47-23-10-24-48-45)36-18-8-6-16-34(36)42/h1-27H. The van der Waals surface area contributed by atoms with E-state index in [2.05, 4.69) is 149 Å². The summed E-state index contributed by atoms with van der Waals surface area (Å²) in [7, 11) is 0. The molecule has 0 spiro atoms. The summed E-state index contributed by atoms with van der Waals surface area (Å²) in [6, 6.07) is 52.4. The Morgan fingerprint density at radius 2 is 0.833 bits per heavy atom. The Balaban J connectivity index is 1.29. The molecule has 0 N–H and O–H groups in total. The number of nitrogens with zero attached hydrogens (tertiary/aromatic N) is 3. The van der Waals surface area contributed by atoms with Crippen LogP contribution in [0.2, 0.25) is 0 Å². The zero-order valence-corrected chi connectivity index (χ0v) is 25.9. The fourth-order valence-corrected chi connectivity index (χ4v) is 7.72. The quantitative estimate of drug-likeness (QED) is 0.148. The van der Waals surface area contributed by atoms with Gasteiger partial charge in [-0.1, -0.05) is 115 Å². The molecule has 3 nitrogen and oxygen atoms in total. The fourth-order valence-electron chi connectivity index (χ4n) is 7.72. The van der Waals surface area contributed by atoms with Crippen LogP contribution < -0.4 is 0 Å². The maximum Gasteiger partial charge on any atom is 0.160 e. The highest BCUT2D eigenvalue weighted by Gasteiger charge is 2.21. The molecule has 0 bridgehead atoms. The summed E-state index contributed by atoms with van der Waals surface area (Å²) in [6.45, 7) is 0. The average molecular weight is 610 g/mol.